The lowest BCUT2D eigenvalue weighted by Gasteiger charge is -2.20. The fraction of sp³-hybridized carbons (Fsp3) is 0.357. The van der Waals surface area contributed by atoms with Crippen molar-refractivity contribution >= 4 is 35.3 Å². The van der Waals surface area contributed by atoms with Crippen LogP contribution in [-0.2, 0) is 40.8 Å². The summed E-state index contributed by atoms with van der Waals surface area (Å²) in [7, 11) is 0. The van der Waals surface area contributed by atoms with Crippen LogP contribution >= 0.6 is 0 Å². The van der Waals surface area contributed by atoms with Gasteiger partial charge >= 0.3 is 24.4 Å². The minimum atomic E-state index is -4.70. The maximum absolute atomic E-state index is 14.0. The molecule has 3 aromatic heterocycles. The number of carbonyl (C=O) groups excluding carboxylic acids is 4. The topological polar surface area (TPSA) is 317 Å². The molecule has 0 aliphatic heterocycles. The van der Waals surface area contributed by atoms with Gasteiger partial charge in [-0.3, -0.25) is 28.3 Å². The van der Waals surface area contributed by atoms with Crippen LogP contribution in [0.3, 0.4) is 0 Å². The number of pyridine rings is 2. The van der Waals surface area contributed by atoms with Gasteiger partial charge in [-0.2, -0.15) is 42.0 Å². The maximum atomic E-state index is 14.0. The number of anilines is 1. The van der Waals surface area contributed by atoms with Gasteiger partial charge in [0.25, 0.3) is 22.9 Å². The fourth-order valence-electron chi connectivity index (χ4n) is 10.00. The van der Waals surface area contributed by atoms with Crippen molar-refractivity contribution < 1.29 is 73.9 Å². The summed E-state index contributed by atoms with van der Waals surface area (Å²) in [6, 6.07) is 29.2. The molecule has 3 heterocycles. The molecule has 25 nitrogen and oxygen atoms in total. The van der Waals surface area contributed by atoms with Gasteiger partial charge in [0.2, 0.25) is 0 Å². The number of urea groups is 2. The van der Waals surface area contributed by atoms with Crippen LogP contribution in [0.4, 0.5) is 41.6 Å². The minimum Gasteiger partial charge on any atom is -0.377 e. The van der Waals surface area contributed by atoms with E-state index in [2.05, 4.69) is 42.3 Å². The normalized spacial score (nSPS) is 11.5. The highest BCUT2D eigenvalue weighted by atomic mass is 19.4. The fourth-order valence-corrected chi connectivity index (χ4v) is 10.00. The molecule has 31 heteroatoms. The van der Waals surface area contributed by atoms with E-state index in [1.165, 1.54) is 47.3 Å². The summed E-state index contributed by atoms with van der Waals surface area (Å²) < 4.78 is 120. The Labute approximate surface area is 577 Å². The second kappa shape index (κ2) is 39.2. The number of amides is 6. The monoisotopic (exact) mass is 1410 g/mol. The Hall–Kier alpha value is -10.7. The molecule has 0 atom stereocenters. The van der Waals surface area contributed by atoms with Crippen LogP contribution in [-0.4, -0.2) is 161 Å². The molecule has 0 aliphatic rings. The second-order valence-electron chi connectivity index (χ2n) is 22.1. The zero-order valence-corrected chi connectivity index (χ0v) is 55.6. The number of rotatable bonds is 38. The van der Waals surface area contributed by atoms with E-state index in [1.807, 2.05) is 12.1 Å². The van der Waals surface area contributed by atoms with Crippen molar-refractivity contribution in [2.24, 2.45) is 0 Å². The predicted octanol–water partition coefficient (Wildman–Crippen LogP) is 8.35. The molecule has 101 heavy (non-hydrogen) atoms. The van der Waals surface area contributed by atoms with Crippen molar-refractivity contribution in [2.45, 2.75) is 46.0 Å². The van der Waals surface area contributed by atoms with Gasteiger partial charge in [-0.15, -0.1) is 0 Å². The van der Waals surface area contributed by atoms with Crippen molar-refractivity contribution in [1.82, 2.24) is 50.8 Å². The average molecular weight is 1410 g/mol. The number of hydrogen-bond acceptors (Lipinski definition) is 16. The highest BCUT2D eigenvalue weighted by Gasteiger charge is 2.33. The van der Waals surface area contributed by atoms with E-state index in [4.69, 9.17) is 28.4 Å². The van der Waals surface area contributed by atoms with Gasteiger partial charge in [0, 0.05) is 84.5 Å². The number of alkyl halides is 6. The van der Waals surface area contributed by atoms with Gasteiger partial charge in [-0.05, 0) is 137 Å². The molecule has 0 unspecified atom stereocenters. The van der Waals surface area contributed by atoms with Crippen LogP contribution in [0.15, 0.2) is 137 Å². The van der Waals surface area contributed by atoms with Crippen LogP contribution in [0, 0.1) is 36.5 Å². The lowest BCUT2D eigenvalue weighted by molar-refractivity contribution is -0.138. The number of nitrogens with one attached hydrogen (secondary N) is 7. The van der Waals surface area contributed by atoms with Crippen LogP contribution in [0.2, 0.25) is 0 Å². The van der Waals surface area contributed by atoms with Gasteiger partial charge in [0.15, 0.2) is 0 Å². The predicted molar refractivity (Wildman–Crippen MR) is 361 cm³/mol. The molecule has 7 N–H and O–H groups in total. The number of allylic oxidation sites excluding steroid dienone is 1. The third-order valence-electron chi connectivity index (χ3n) is 15.1. The third kappa shape index (κ3) is 23.5. The zero-order chi connectivity index (χ0) is 72.7. The Morgan fingerprint density at radius 1 is 0.485 bits per heavy atom. The highest BCUT2D eigenvalue weighted by molar-refractivity contribution is 5.96. The molecule has 0 bridgehead atoms. The average Bonchev–Trinajstić information content (AvgIpc) is 1.64. The molecule has 0 saturated heterocycles. The van der Waals surface area contributed by atoms with E-state index in [1.54, 1.807) is 81.4 Å². The first-order chi connectivity index (χ1) is 48.6. The highest BCUT2D eigenvalue weighted by Crippen LogP contribution is 2.34. The van der Waals surface area contributed by atoms with E-state index < -0.39 is 46.4 Å². The molecule has 6 amide bonds. The lowest BCUT2D eigenvalue weighted by atomic mass is 10.0. The number of nitriles is 2. The number of ether oxygens (including phenoxy) is 6. The second-order valence-corrected chi connectivity index (χ2v) is 22.1. The first-order valence-corrected chi connectivity index (χ1v) is 32.1. The molecule has 536 valence electrons. The summed E-state index contributed by atoms with van der Waals surface area (Å²) in [5.74, 6) is -1.56. The van der Waals surface area contributed by atoms with Gasteiger partial charge in [-0.25, -0.2) is 14.3 Å². The summed E-state index contributed by atoms with van der Waals surface area (Å²) in [6.07, 6.45) is -5.01. The van der Waals surface area contributed by atoms with E-state index in [-0.39, 0.29) is 151 Å². The van der Waals surface area contributed by atoms with Crippen LogP contribution in [0.1, 0.15) is 79.7 Å². The van der Waals surface area contributed by atoms with Gasteiger partial charge in [0.1, 0.15) is 11.1 Å². The third-order valence-corrected chi connectivity index (χ3v) is 15.1. The molecular weight excluding hydrogens is 1330 g/mol. The number of carbonyl (C=O) groups is 4. The number of nitrogens with zero attached hydrogens (tertiary/aromatic N) is 6. The number of halogens is 6. The molecule has 0 fully saturated rings. The zero-order valence-electron chi connectivity index (χ0n) is 55.6. The Kier molecular flexibility index (Phi) is 30.2. The number of benzene rings is 4. The first-order valence-electron chi connectivity index (χ1n) is 32.1. The smallest absolute Gasteiger partial charge is 0.377 e. The first kappa shape index (κ1) is 77.7. The van der Waals surface area contributed by atoms with E-state index >= 15 is 0 Å². The summed E-state index contributed by atoms with van der Waals surface area (Å²) >= 11 is 0. The van der Waals surface area contributed by atoms with Gasteiger partial charge in [0.05, 0.1) is 131 Å². The van der Waals surface area contributed by atoms with Gasteiger partial charge < -0.3 is 65.6 Å². The standard InChI is InChI=1S/C70H77F6N13O12/c1-4-61(86-53-17-13-49(45-77)14-18-53)57-43-59(65(92)87(47(57)2)55-11-7-9-51(41-55)69(71,72)73)63(90)79-25-29-96-33-37-100-39-35-98-31-27-83-67(94)81-22-5-6-23-82-68(95)84-28-32-99-36-40-101-38-34-97-30-26-80-64(91)60-44-58(62-21-24-85-89(62)54-19-15-50(46-78)16-20-54)48(3)88(66(60)93)56-12-8-10-52(42-56)70(74,75)76/h4,7-21,24,41-44,86H,5-6,22-23,25-40H2,1-3H3,(H,79,90)(H,80,91)(H2,81,83,94)(H2,82,84,95)/b61-4-. The number of unbranched alkanes of at least 4 members (excludes halogenated alkanes) is 1. The molecule has 0 aliphatic carbocycles. The molecule has 0 radical (unpaired) electrons. The van der Waals surface area contributed by atoms with E-state index in [0.717, 1.165) is 33.4 Å². The van der Waals surface area contributed by atoms with Crippen molar-refractivity contribution in [3.63, 3.8) is 0 Å². The van der Waals surface area contributed by atoms with E-state index in [9.17, 15) is 65.6 Å². The van der Waals surface area contributed by atoms with Crippen molar-refractivity contribution in [3.05, 3.63) is 199 Å². The van der Waals surface area contributed by atoms with Gasteiger partial charge in [-0.1, -0.05) is 18.2 Å². The molecular formula is C70H77F6N13O12. The largest absolute Gasteiger partial charge is 0.416 e. The SMILES string of the molecule is C/C=C(\Nc1ccc(C#N)cc1)c1cc(C(=O)NCCOCCOCCOCCNC(=O)NCCCCNC(=O)NCCOCCOCCOCCNC(=O)c2cc(-c3ccnn3-c3ccc(C#N)cc3)c(C)n(-c3cccc(C(F)(F)F)c3)c2=O)c(=O)n(-c2cccc(C(F)(F)F)c2)c1C. The van der Waals surface area contributed by atoms with Crippen LogP contribution in [0.5, 0.6) is 0 Å². The van der Waals surface area contributed by atoms with Crippen LogP contribution < -0.4 is 48.3 Å². The number of aromatic nitrogens is 4. The van der Waals surface area contributed by atoms with Crippen molar-refractivity contribution in [1.29, 1.82) is 10.5 Å². The van der Waals surface area contributed by atoms with Crippen molar-refractivity contribution in [3.8, 4) is 40.5 Å². The van der Waals surface area contributed by atoms with Crippen LogP contribution in [0.25, 0.3) is 34.0 Å². The molecule has 7 rings (SSSR count). The summed E-state index contributed by atoms with van der Waals surface area (Å²) in [5, 5.41) is 42.2. The summed E-state index contributed by atoms with van der Waals surface area (Å²) in [4.78, 5) is 79.4. The molecule has 7 aromatic rings. The maximum Gasteiger partial charge on any atom is 0.416 e. The van der Waals surface area contributed by atoms with Crippen molar-refractivity contribution in [2.75, 3.05) is 124 Å². The Bertz CT molecular complexity index is 4160. The molecule has 0 saturated carbocycles. The Morgan fingerprint density at radius 2 is 0.891 bits per heavy atom. The molecule has 0 spiro atoms. The lowest BCUT2D eigenvalue weighted by Crippen LogP contribution is -2.39. The summed E-state index contributed by atoms with van der Waals surface area (Å²) in [6.45, 7) is 8.25. The van der Waals surface area contributed by atoms with E-state index in [0.29, 0.717) is 71.0 Å². The quantitative estimate of drug-likeness (QED) is 0.0141. The minimum absolute atomic E-state index is 0.00573. The Balaban J connectivity index is 0.674. The summed E-state index contributed by atoms with van der Waals surface area (Å²) in [5.41, 5.74) is -0.439. The molecule has 4 aromatic carbocycles. The number of hydrogen-bond donors (Lipinski definition) is 7. The Morgan fingerprint density at radius 3 is 1.33 bits per heavy atom.